The Balaban J connectivity index is 1.65. The van der Waals surface area contributed by atoms with E-state index in [1.807, 2.05) is 12.1 Å². The number of hydrogen-bond acceptors (Lipinski definition) is 6. The molecule has 164 valence electrons. The fourth-order valence-electron chi connectivity index (χ4n) is 4.29. The summed E-state index contributed by atoms with van der Waals surface area (Å²) in [6.45, 7) is 2.19. The van der Waals surface area contributed by atoms with Crippen LogP contribution in [-0.4, -0.2) is 34.2 Å². The van der Waals surface area contributed by atoms with E-state index in [1.54, 1.807) is 29.8 Å². The Hall–Kier alpha value is -2.55. The molecule has 0 atom stereocenters. The highest BCUT2D eigenvalue weighted by molar-refractivity contribution is 9.10. The first-order valence-corrected chi connectivity index (χ1v) is 12.2. The number of halogens is 2. The number of phenols is 1. The first kappa shape index (κ1) is 21.3. The zero-order valence-electron chi connectivity index (χ0n) is 17.3. The van der Waals surface area contributed by atoms with Crippen LogP contribution in [0.15, 0.2) is 58.6 Å². The molecule has 8 heteroatoms. The van der Waals surface area contributed by atoms with Gasteiger partial charge in [-0.3, -0.25) is 0 Å². The molecular weight excluding hydrogens is 491 g/mol. The van der Waals surface area contributed by atoms with Crippen LogP contribution in [0.3, 0.4) is 0 Å². The smallest absolute Gasteiger partial charge is 0.165 e. The molecule has 0 spiro atoms. The van der Waals surface area contributed by atoms with Gasteiger partial charge in [-0.2, -0.15) is 0 Å². The van der Waals surface area contributed by atoms with Gasteiger partial charge in [-0.1, -0.05) is 40.2 Å². The lowest BCUT2D eigenvalue weighted by Gasteiger charge is -2.36. The van der Waals surface area contributed by atoms with Crippen LogP contribution in [0.5, 0.6) is 5.75 Å². The van der Waals surface area contributed by atoms with Crippen molar-refractivity contribution in [2.75, 3.05) is 18.0 Å². The minimum atomic E-state index is -0.605. The summed E-state index contributed by atoms with van der Waals surface area (Å²) in [5.74, 6) is -0.0772. The molecule has 0 amide bonds. The Bertz CT molecular complexity index is 1240. The molecule has 0 unspecified atom stereocenters. The van der Waals surface area contributed by atoms with E-state index in [0.29, 0.717) is 12.1 Å². The normalized spacial score (nSPS) is 14.7. The highest BCUT2D eigenvalue weighted by Crippen LogP contribution is 2.40. The third-order valence-corrected chi connectivity index (χ3v) is 7.35. The van der Waals surface area contributed by atoms with E-state index in [1.165, 1.54) is 6.07 Å². The lowest BCUT2D eigenvalue weighted by atomic mass is 10.0. The summed E-state index contributed by atoms with van der Waals surface area (Å²) in [7, 11) is 0. The van der Waals surface area contributed by atoms with Gasteiger partial charge in [-0.05, 0) is 49.7 Å². The van der Waals surface area contributed by atoms with E-state index in [4.69, 9.17) is 4.98 Å². The van der Waals surface area contributed by atoms with Gasteiger partial charge in [0, 0.05) is 33.6 Å². The van der Waals surface area contributed by atoms with E-state index in [0.717, 1.165) is 57.6 Å². The molecule has 4 aromatic rings. The Labute approximate surface area is 198 Å². The minimum Gasteiger partial charge on any atom is -0.505 e. The molecule has 2 aromatic carbocycles. The molecule has 5 nitrogen and oxygen atoms in total. The number of hydrogen-bond donors (Lipinski definition) is 2. The Morgan fingerprint density at radius 1 is 1.12 bits per heavy atom. The molecule has 3 heterocycles. The summed E-state index contributed by atoms with van der Waals surface area (Å²) in [6.07, 6.45) is 3.48. The summed E-state index contributed by atoms with van der Waals surface area (Å²) >= 11 is 5.10. The van der Waals surface area contributed by atoms with Crippen LogP contribution in [-0.2, 0) is 6.54 Å². The zero-order valence-corrected chi connectivity index (χ0v) is 19.7. The molecule has 32 heavy (non-hydrogen) atoms. The number of thiophene rings is 1. The van der Waals surface area contributed by atoms with E-state index in [2.05, 4.69) is 48.6 Å². The molecule has 1 fully saturated rings. The van der Waals surface area contributed by atoms with E-state index < -0.39 is 5.82 Å². The maximum absolute atomic E-state index is 14.1. The van der Waals surface area contributed by atoms with Crippen molar-refractivity contribution in [3.63, 3.8) is 0 Å². The summed E-state index contributed by atoms with van der Waals surface area (Å²) in [5, 5.41) is 16.9. The van der Waals surface area contributed by atoms with Gasteiger partial charge in [0.1, 0.15) is 17.0 Å². The molecule has 2 aromatic heterocycles. The number of aromatic nitrogens is 2. The molecule has 1 saturated heterocycles. The van der Waals surface area contributed by atoms with E-state index >= 15 is 0 Å². The zero-order chi connectivity index (χ0) is 22.1. The number of para-hydroxylation sites is 1. The third-order valence-electron chi connectivity index (χ3n) is 5.94. The van der Waals surface area contributed by atoms with Crippen LogP contribution in [0.1, 0.15) is 18.4 Å². The molecule has 1 aliphatic heterocycles. The predicted molar refractivity (Wildman–Crippen MR) is 131 cm³/mol. The largest absolute Gasteiger partial charge is 0.505 e. The van der Waals surface area contributed by atoms with Gasteiger partial charge in [-0.15, -0.1) is 11.3 Å². The topological polar surface area (TPSA) is 61.3 Å². The van der Waals surface area contributed by atoms with Crippen LogP contribution < -0.4 is 10.2 Å². The standard InChI is InChI=1S/C24H22BrFN4OS/c25-17-6-4-15(5-7-17)19-13-32-24-21(19)23(28-14-29-24)30(18-8-10-27-11-9-18)12-16-2-1-3-20(26)22(16)31/h1-7,13-14,18,27,31H,8-12H2. The minimum absolute atomic E-state index is 0.217. The van der Waals surface area contributed by atoms with Gasteiger partial charge in [0.15, 0.2) is 11.6 Å². The maximum atomic E-state index is 14.1. The SMILES string of the molecule is Oc1c(F)cccc1CN(c1ncnc2scc(-c3ccc(Br)cc3)c12)C1CCNCC1. The van der Waals surface area contributed by atoms with Crippen LogP contribution in [0, 0.1) is 5.82 Å². The van der Waals surface area contributed by atoms with Gasteiger partial charge < -0.3 is 15.3 Å². The number of anilines is 1. The van der Waals surface area contributed by atoms with Crippen molar-refractivity contribution in [1.82, 2.24) is 15.3 Å². The number of fused-ring (bicyclic) bond motifs is 1. The third kappa shape index (κ3) is 4.10. The quantitative estimate of drug-likeness (QED) is 0.357. The number of nitrogens with one attached hydrogen (secondary N) is 1. The van der Waals surface area contributed by atoms with Crippen molar-refractivity contribution in [1.29, 1.82) is 0 Å². The predicted octanol–water partition coefficient (Wildman–Crippen LogP) is 5.72. The van der Waals surface area contributed by atoms with Gasteiger partial charge in [0.2, 0.25) is 0 Å². The molecule has 5 rings (SSSR count). The van der Waals surface area contributed by atoms with E-state index in [-0.39, 0.29) is 11.8 Å². The highest BCUT2D eigenvalue weighted by atomic mass is 79.9. The maximum Gasteiger partial charge on any atom is 0.165 e. The molecule has 2 N–H and O–H groups in total. The van der Waals surface area contributed by atoms with Crippen LogP contribution in [0.25, 0.3) is 21.3 Å². The Morgan fingerprint density at radius 2 is 1.91 bits per heavy atom. The average Bonchev–Trinajstić information content (AvgIpc) is 3.26. The second-order valence-corrected chi connectivity index (χ2v) is 9.66. The fourth-order valence-corrected chi connectivity index (χ4v) is 5.46. The van der Waals surface area contributed by atoms with Crippen molar-refractivity contribution in [3.8, 4) is 16.9 Å². The van der Waals surface area contributed by atoms with Gasteiger partial charge in [0.25, 0.3) is 0 Å². The molecule has 1 aliphatic rings. The van der Waals surface area contributed by atoms with Crippen molar-refractivity contribution in [2.24, 2.45) is 0 Å². The Morgan fingerprint density at radius 3 is 2.69 bits per heavy atom. The van der Waals surface area contributed by atoms with Crippen molar-refractivity contribution in [3.05, 3.63) is 70.0 Å². The molecular formula is C24H22BrFN4OS. The van der Waals surface area contributed by atoms with Gasteiger partial charge >= 0.3 is 0 Å². The number of aromatic hydroxyl groups is 1. The number of benzene rings is 2. The van der Waals surface area contributed by atoms with E-state index in [9.17, 15) is 9.50 Å². The fraction of sp³-hybridized carbons (Fsp3) is 0.250. The molecule has 0 radical (unpaired) electrons. The Kier molecular flexibility index (Phi) is 6.08. The van der Waals surface area contributed by atoms with Gasteiger partial charge in [0.05, 0.1) is 5.39 Å². The van der Waals surface area contributed by atoms with Crippen LogP contribution >= 0.6 is 27.3 Å². The second kappa shape index (κ2) is 9.13. The van der Waals surface area contributed by atoms with Crippen LogP contribution in [0.4, 0.5) is 10.2 Å². The number of rotatable bonds is 5. The monoisotopic (exact) mass is 512 g/mol. The first-order valence-electron chi connectivity index (χ1n) is 10.5. The average molecular weight is 513 g/mol. The van der Waals surface area contributed by atoms with Gasteiger partial charge in [-0.25, -0.2) is 14.4 Å². The second-order valence-electron chi connectivity index (χ2n) is 7.89. The number of nitrogens with zero attached hydrogens (tertiary/aromatic N) is 3. The lowest BCUT2D eigenvalue weighted by molar-refractivity contribution is 0.409. The number of phenolic OH excluding ortho intramolecular Hbond substituents is 1. The summed E-state index contributed by atoms with van der Waals surface area (Å²) in [5.41, 5.74) is 2.72. The lowest BCUT2D eigenvalue weighted by Crippen LogP contribution is -2.43. The first-order chi connectivity index (χ1) is 15.6. The molecule has 0 bridgehead atoms. The highest BCUT2D eigenvalue weighted by Gasteiger charge is 2.27. The molecule has 0 saturated carbocycles. The van der Waals surface area contributed by atoms with Crippen LogP contribution in [0.2, 0.25) is 0 Å². The van der Waals surface area contributed by atoms with Crippen molar-refractivity contribution < 1.29 is 9.50 Å². The summed E-state index contributed by atoms with van der Waals surface area (Å²) in [4.78, 5) is 12.4. The number of piperidine rings is 1. The van der Waals surface area contributed by atoms with Crippen molar-refractivity contribution in [2.45, 2.75) is 25.4 Å². The van der Waals surface area contributed by atoms with Crippen molar-refractivity contribution >= 4 is 43.3 Å². The summed E-state index contributed by atoms with van der Waals surface area (Å²) < 4.78 is 15.1. The molecule has 0 aliphatic carbocycles. The summed E-state index contributed by atoms with van der Waals surface area (Å²) in [6, 6.07) is 13.1.